The topological polar surface area (TPSA) is 98.6 Å². The molecule has 0 saturated carbocycles. The number of nitrogens with zero attached hydrogens (tertiary/aromatic N) is 3. The maximum absolute atomic E-state index is 5.65. The van der Waals surface area contributed by atoms with Gasteiger partial charge in [-0.05, 0) is 18.0 Å². The molecule has 1 aromatic heterocycles. The van der Waals surface area contributed by atoms with E-state index in [1.54, 1.807) is 0 Å². The van der Waals surface area contributed by atoms with Crippen LogP contribution in [0.4, 0.5) is 0 Å². The number of aromatic nitrogens is 2. The Kier molecular flexibility index (Phi) is 3.84. The molecule has 16 heavy (non-hydrogen) atoms. The summed E-state index contributed by atoms with van der Waals surface area (Å²) in [5.41, 5.74) is 6.11. The van der Waals surface area contributed by atoms with Crippen LogP contribution in [0.15, 0.2) is 15.8 Å². The molecular formula is C9H15N5O2. The summed E-state index contributed by atoms with van der Waals surface area (Å²) in [4.78, 5) is 4.09. The van der Waals surface area contributed by atoms with Crippen LogP contribution in [0.1, 0.15) is 18.5 Å². The second-order valence-corrected chi connectivity index (χ2v) is 3.58. The third kappa shape index (κ3) is 3.01. The fourth-order valence-corrected chi connectivity index (χ4v) is 1.53. The molecular weight excluding hydrogens is 210 g/mol. The second-order valence-electron chi connectivity index (χ2n) is 3.58. The number of aliphatic imine (C=N–C) groups is 1. The zero-order valence-corrected chi connectivity index (χ0v) is 8.93. The first-order valence-corrected chi connectivity index (χ1v) is 5.26. The Hall–Kier alpha value is -1.47. The van der Waals surface area contributed by atoms with Gasteiger partial charge in [-0.15, -0.1) is 0 Å². The van der Waals surface area contributed by atoms with Gasteiger partial charge >= 0.3 is 0 Å². The van der Waals surface area contributed by atoms with Crippen LogP contribution in [0.25, 0.3) is 0 Å². The van der Waals surface area contributed by atoms with E-state index in [4.69, 9.17) is 10.5 Å². The van der Waals surface area contributed by atoms with Gasteiger partial charge in [0, 0.05) is 13.2 Å². The van der Waals surface area contributed by atoms with Gasteiger partial charge in [-0.1, -0.05) is 5.16 Å². The van der Waals surface area contributed by atoms with E-state index in [0.29, 0.717) is 24.3 Å². The average molecular weight is 225 g/mol. The van der Waals surface area contributed by atoms with E-state index in [-0.39, 0.29) is 0 Å². The Morgan fingerprint density at radius 1 is 1.69 bits per heavy atom. The lowest BCUT2D eigenvalue weighted by Gasteiger charge is -2.08. The quantitative estimate of drug-likeness (QED) is 0.398. The molecule has 2 rings (SSSR count). The van der Waals surface area contributed by atoms with Crippen molar-refractivity contribution in [3.8, 4) is 0 Å². The van der Waals surface area contributed by atoms with Crippen molar-refractivity contribution in [2.24, 2.45) is 10.7 Å². The number of hydrogen-bond donors (Lipinski definition) is 2. The molecule has 1 unspecified atom stereocenters. The van der Waals surface area contributed by atoms with Crippen LogP contribution in [0, 0.1) is 0 Å². The van der Waals surface area contributed by atoms with Crippen LogP contribution < -0.4 is 11.1 Å². The molecule has 1 aliphatic rings. The largest absolute Gasteiger partial charge is 0.382 e. The van der Waals surface area contributed by atoms with Crippen LogP contribution in [-0.4, -0.2) is 42.1 Å². The van der Waals surface area contributed by atoms with Gasteiger partial charge in [-0.25, -0.2) is 4.63 Å². The van der Waals surface area contributed by atoms with Crippen molar-refractivity contribution < 1.29 is 9.37 Å². The van der Waals surface area contributed by atoms with Crippen LogP contribution in [0.5, 0.6) is 0 Å². The lowest BCUT2D eigenvalue weighted by molar-refractivity contribution is 0.110. The first-order chi connectivity index (χ1) is 7.86. The second kappa shape index (κ2) is 5.57. The lowest BCUT2D eigenvalue weighted by Crippen LogP contribution is -2.27. The van der Waals surface area contributed by atoms with E-state index in [0.717, 1.165) is 26.0 Å². The molecule has 0 aromatic carbocycles. The summed E-state index contributed by atoms with van der Waals surface area (Å²) < 4.78 is 9.87. The molecule has 7 nitrogen and oxygen atoms in total. The monoisotopic (exact) mass is 225 g/mol. The molecule has 0 bridgehead atoms. The normalized spacial score (nSPS) is 21.5. The van der Waals surface area contributed by atoms with Gasteiger partial charge in [0.25, 0.3) is 0 Å². The van der Waals surface area contributed by atoms with Gasteiger partial charge in [0.2, 0.25) is 0 Å². The van der Waals surface area contributed by atoms with Crippen molar-refractivity contribution in [3.63, 3.8) is 0 Å². The predicted molar refractivity (Wildman–Crippen MR) is 56.9 cm³/mol. The van der Waals surface area contributed by atoms with Crippen molar-refractivity contribution in [2.75, 3.05) is 19.8 Å². The molecule has 1 saturated heterocycles. The van der Waals surface area contributed by atoms with Gasteiger partial charge in [0.05, 0.1) is 12.8 Å². The van der Waals surface area contributed by atoms with E-state index < -0.39 is 0 Å². The van der Waals surface area contributed by atoms with E-state index >= 15 is 0 Å². The van der Waals surface area contributed by atoms with Crippen molar-refractivity contribution in [2.45, 2.75) is 18.9 Å². The Balaban J connectivity index is 1.68. The van der Waals surface area contributed by atoms with Gasteiger partial charge < -0.3 is 10.5 Å². The molecule has 7 heteroatoms. The highest BCUT2D eigenvalue weighted by atomic mass is 16.6. The van der Waals surface area contributed by atoms with Crippen molar-refractivity contribution in [3.05, 3.63) is 11.9 Å². The molecule has 0 spiro atoms. The SMILES string of the molecule is NC(=NCNCC1CCCO1)c1cnon1. The van der Waals surface area contributed by atoms with Crippen LogP contribution in [0.3, 0.4) is 0 Å². The summed E-state index contributed by atoms with van der Waals surface area (Å²) in [6.45, 7) is 2.11. The third-order valence-corrected chi connectivity index (χ3v) is 2.38. The molecule has 0 amide bonds. The van der Waals surface area contributed by atoms with E-state index in [2.05, 4.69) is 25.3 Å². The standard InChI is InChI=1S/C9H15N5O2/c10-9(8-5-13-16-14-8)12-6-11-4-7-2-1-3-15-7/h5,7,11H,1-4,6H2,(H2,10,12). The van der Waals surface area contributed by atoms with E-state index in [1.165, 1.54) is 6.20 Å². The smallest absolute Gasteiger partial charge is 0.169 e. The zero-order valence-electron chi connectivity index (χ0n) is 8.93. The van der Waals surface area contributed by atoms with Gasteiger partial charge in [-0.3, -0.25) is 10.3 Å². The predicted octanol–water partition coefficient (Wildman–Crippen LogP) is -0.499. The minimum atomic E-state index is 0.310. The molecule has 1 aromatic rings. The summed E-state index contributed by atoms with van der Waals surface area (Å²) in [5.74, 6) is 0.320. The first-order valence-electron chi connectivity index (χ1n) is 5.26. The Morgan fingerprint density at radius 3 is 3.31 bits per heavy atom. The molecule has 1 atom stereocenters. The number of amidine groups is 1. The van der Waals surface area contributed by atoms with Crippen molar-refractivity contribution in [1.29, 1.82) is 0 Å². The van der Waals surface area contributed by atoms with Crippen molar-refractivity contribution >= 4 is 5.84 Å². The van der Waals surface area contributed by atoms with Gasteiger partial charge in [0.15, 0.2) is 11.5 Å². The molecule has 88 valence electrons. The number of nitrogens with one attached hydrogen (secondary N) is 1. The summed E-state index contributed by atoms with van der Waals surface area (Å²) in [7, 11) is 0. The minimum Gasteiger partial charge on any atom is -0.382 e. The summed E-state index contributed by atoms with van der Waals surface area (Å²) in [5, 5.41) is 10.2. The fraction of sp³-hybridized carbons (Fsp3) is 0.667. The highest BCUT2D eigenvalue weighted by Gasteiger charge is 2.14. The van der Waals surface area contributed by atoms with Gasteiger partial charge in [-0.2, -0.15) is 0 Å². The van der Waals surface area contributed by atoms with Crippen LogP contribution >= 0.6 is 0 Å². The highest BCUT2D eigenvalue weighted by molar-refractivity contribution is 5.95. The number of nitrogens with two attached hydrogens (primary N) is 1. The number of hydrogen-bond acceptors (Lipinski definition) is 6. The summed E-state index contributed by atoms with van der Waals surface area (Å²) >= 11 is 0. The molecule has 1 fully saturated rings. The van der Waals surface area contributed by atoms with Crippen molar-refractivity contribution in [1.82, 2.24) is 15.6 Å². The van der Waals surface area contributed by atoms with Crippen LogP contribution in [-0.2, 0) is 4.74 Å². The highest BCUT2D eigenvalue weighted by Crippen LogP contribution is 2.10. The third-order valence-electron chi connectivity index (χ3n) is 2.38. The van der Waals surface area contributed by atoms with E-state index in [9.17, 15) is 0 Å². The molecule has 0 aliphatic carbocycles. The number of rotatable bonds is 5. The zero-order chi connectivity index (χ0) is 11.2. The minimum absolute atomic E-state index is 0.310. The fourth-order valence-electron chi connectivity index (χ4n) is 1.53. The molecule has 0 radical (unpaired) electrons. The maximum Gasteiger partial charge on any atom is 0.169 e. The molecule has 2 heterocycles. The molecule has 3 N–H and O–H groups in total. The average Bonchev–Trinajstić information content (AvgIpc) is 2.96. The Bertz CT molecular complexity index is 332. The summed E-state index contributed by atoms with van der Waals surface area (Å²) in [6.07, 6.45) is 3.99. The Labute approximate surface area is 93.0 Å². The first kappa shape index (κ1) is 11.0. The Morgan fingerprint density at radius 2 is 2.62 bits per heavy atom. The maximum atomic E-state index is 5.65. The van der Waals surface area contributed by atoms with Crippen LogP contribution in [0.2, 0.25) is 0 Å². The molecule has 1 aliphatic heterocycles. The summed E-state index contributed by atoms with van der Waals surface area (Å²) in [6, 6.07) is 0. The van der Waals surface area contributed by atoms with E-state index in [1.807, 2.05) is 0 Å². The number of ether oxygens (including phenoxy) is 1. The lowest BCUT2D eigenvalue weighted by atomic mass is 10.2. The van der Waals surface area contributed by atoms with Gasteiger partial charge in [0.1, 0.15) is 6.20 Å².